The molecule has 24 heavy (non-hydrogen) atoms. The summed E-state index contributed by atoms with van der Waals surface area (Å²) in [6, 6.07) is 19.2. The van der Waals surface area contributed by atoms with Gasteiger partial charge >= 0.3 is 0 Å². The summed E-state index contributed by atoms with van der Waals surface area (Å²) in [5, 5.41) is 12.0. The van der Waals surface area contributed by atoms with E-state index in [1.54, 1.807) is 6.08 Å². The molecule has 118 valence electrons. The Morgan fingerprint density at radius 1 is 1.17 bits per heavy atom. The standard InChI is InChI=1S/C20H16N2O2/c21-12-18(20(23)22-13-15-6-2-1-3-7-15)11-16-10-17-8-4-5-9-19(17)24-14-16/h1-11H,13-14H2,(H,22,23)/b18-11+. The number of nitriles is 1. The van der Waals surface area contributed by atoms with E-state index in [9.17, 15) is 10.1 Å². The van der Waals surface area contributed by atoms with Crippen LogP contribution in [0.1, 0.15) is 11.1 Å². The van der Waals surface area contributed by atoms with Gasteiger partial charge in [-0.15, -0.1) is 0 Å². The van der Waals surface area contributed by atoms with E-state index in [2.05, 4.69) is 5.32 Å². The van der Waals surface area contributed by atoms with Crippen molar-refractivity contribution in [1.29, 1.82) is 5.26 Å². The van der Waals surface area contributed by atoms with Crippen molar-refractivity contribution < 1.29 is 9.53 Å². The minimum absolute atomic E-state index is 0.0696. The molecule has 0 atom stereocenters. The van der Waals surface area contributed by atoms with E-state index in [0.29, 0.717) is 13.2 Å². The van der Waals surface area contributed by atoms with E-state index in [1.807, 2.05) is 66.7 Å². The van der Waals surface area contributed by atoms with Crippen LogP contribution in [-0.4, -0.2) is 12.5 Å². The van der Waals surface area contributed by atoms with Crippen LogP contribution in [0.25, 0.3) is 6.08 Å². The molecule has 0 aromatic heterocycles. The first-order chi connectivity index (χ1) is 11.8. The lowest BCUT2D eigenvalue weighted by Crippen LogP contribution is -2.24. The Labute approximate surface area is 140 Å². The second-order valence-corrected chi connectivity index (χ2v) is 5.38. The fourth-order valence-corrected chi connectivity index (χ4v) is 2.42. The summed E-state index contributed by atoms with van der Waals surface area (Å²) in [5.74, 6) is 0.419. The molecule has 0 spiro atoms. The zero-order valence-corrected chi connectivity index (χ0v) is 13.0. The highest BCUT2D eigenvalue weighted by molar-refractivity contribution is 5.98. The summed E-state index contributed by atoms with van der Waals surface area (Å²) >= 11 is 0. The molecule has 1 heterocycles. The van der Waals surface area contributed by atoms with Gasteiger partial charge in [0.1, 0.15) is 24.0 Å². The summed E-state index contributed by atoms with van der Waals surface area (Å²) in [6.45, 7) is 0.727. The molecule has 2 aromatic carbocycles. The van der Waals surface area contributed by atoms with Crippen LogP contribution in [0.2, 0.25) is 0 Å². The molecule has 0 saturated carbocycles. The molecule has 2 aromatic rings. The molecule has 4 heteroatoms. The number of nitrogens with zero attached hydrogens (tertiary/aromatic N) is 1. The number of carbonyl (C=O) groups excluding carboxylic acids is 1. The molecule has 1 aliphatic heterocycles. The summed E-state index contributed by atoms with van der Waals surface area (Å²) < 4.78 is 5.64. The fourth-order valence-electron chi connectivity index (χ4n) is 2.42. The number of nitrogens with one attached hydrogen (secondary N) is 1. The van der Waals surface area contributed by atoms with E-state index in [-0.39, 0.29) is 11.5 Å². The molecule has 0 unspecified atom stereocenters. The lowest BCUT2D eigenvalue weighted by atomic mass is 10.1. The number of hydrogen-bond acceptors (Lipinski definition) is 3. The summed E-state index contributed by atoms with van der Waals surface area (Å²) in [4.78, 5) is 12.2. The number of ether oxygens (including phenoxy) is 1. The van der Waals surface area contributed by atoms with Crippen molar-refractivity contribution in [2.75, 3.05) is 6.61 Å². The van der Waals surface area contributed by atoms with Crippen molar-refractivity contribution in [2.24, 2.45) is 0 Å². The van der Waals surface area contributed by atoms with E-state index in [4.69, 9.17) is 4.74 Å². The third kappa shape index (κ3) is 3.71. The Kier molecular flexibility index (Phi) is 4.73. The Hall–Kier alpha value is -3.32. The average molecular weight is 316 g/mol. The van der Waals surface area contributed by atoms with Crippen LogP contribution in [0.3, 0.4) is 0 Å². The van der Waals surface area contributed by atoms with Crippen LogP contribution in [0.15, 0.2) is 71.8 Å². The molecule has 1 amide bonds. The van der Waals surface area contributed by atoms with Crippen molar-refractivity contribution in [2.45, 2.75) is 6.54 Å². The largest absolute Gasteiger partial charge is 0.488 e. The van der Waals surface area contributed by atoms with Crippen molar-refractivity contribution in [3.05, 3.63) is 82.9 Å². The number of amides is 1. The number of fused-ring (bicyclic) bond motifs is 1. The maximum absolute atomic E-state index is 12.2. The smallest absolute Gasteiger partial charge is 0.262 e. The summed E-state index contributed by atoms with van der Waals surface area (Å²) in [5.41, 5.74) is 2.79. The predicted octanol–water partition coefficient (Wildman–Crippen LogP) is 3.23. The fraction of sp³-hybridized carbons (Fsp3) is 0.100. The average Bonchev–Trinajstić information content (AvgIpc) is 2.65. The minimum Gasteiger partial charge on any atom is -0.488 e. The second-order valence-electron chi connectivity index (χ2n) is 5.38. The van der Waals surface area contributed by atoms with E-state index in [0.717, 1.165) is 22.4 Å². The normalized spacial score (nSPS) is 13.1. The zero-order chi connectivity index (χ0) is 16.8. The van der Waals surface area contributed by atoms with Crippen LogP contribution in [0.4, 0.5) is 0 Å². The summed E-state index contributed by atoms with van der Waals surface area (Å²) in [7, 11) is 0. The Bertz CT molecular complexity index is 845. The SMILES string of the molecule is N#C/C(=C\C1=Cc2ccccc2OC1)C(=O)NCc1ccccc1. The van der Waals surface area contributed by atoms with Crippen LogP contribution in [0, 0.1) is 11.3 Å². The number of para-hydroxylation sites is 1. The van der Waals surface area contributed by atoms with Gasteiger partial charge < -0.3 is 10.1 Å². The molecule has 0 radical (unpaired) electrons. The maximum atomic E-state index is 12.2. The topological polar surface area (TPSA) is 62.1 Å². The van der Waals surface area contributed by atoms with Crippen LogP contribution in [0.5, 0.6) is 5.75 Å². The lowest BCUT2D eigenvalue weighted by molar-refractivity contribution is -0.117. The number of rotatable bonds is 4. The van der Waals surface area contributed by atoms with Crippen LogP contribution < -0.4 is 10.1 Å². The van der Waals surface area contributed by atoms with Gasteiger partial charge in [0.15, 0.2) is 0 Å². The molecule has 0 saturated heterocycles. The van der Waals surface area contributed by atoms with Gasteiger partial charge in [0.25, 0.3) is 5.91 Å². The number of hydrogen-bond donors (Lipinski definition) is 1. The molecule has 0 aliphatic carbocycles. The number of benzene rings is 2. The highest BCUT2D eigenvalue weighted by atomic mass is 16.5. The van der Waals surface area contributed by atoms with E-state index >= 15 is 0 Å². The lowest BCUT2D eigenvalue weighted by Gasteiger charge is -2.16. The van der Waals surface area contributed by atoms with Crippen molar-refractivity contribution in [3.63, 3.8) is 0 Å². The van der Waals surface area contributed by atoms with Crippen molar-refractivity contribution in [3.8, 4) is 11.8 Å². The first kappa shape index (κ1) is 15.6. The van der Waals surface area contributed by atoms with Gasteiger partial charge in [-0.1, -0.05) is 48.5 Å². The Morgan fingerprint density at radius 2 is 1.92 bits per heavy atom. The first-order valence-electron chi connectivity index (χ1n) is 7.62. The van der Waals surface area contributed by atoms with Crippen LogP contribution in [-0.2, 0) is 11.3 Å². The van der Waals surface area contributed by atoms with Gasteiger partial charge in [-0.05, 0) is 29.4 Å². The molecule has 4 nitrogen and oxygen atoms in total. The van der Waals surface area contributed by atoms with E-state index < -0.39 is 0 Å². The van der Waals surface area contributed by atoms with Gasteiger partial charge in [0.2, 0.25) is 0 Å². The van der Waals surface area contributed by atoms with Gasteiger partial charge in [-0.25, -0.2) is 0 Å². The number of carbonyl (C=O) groups is 1. The third-order valence-corrected chi connectivity index (χ3v) is 3.64. The molecular formula is C20H16N2O2. The Morgan fingerprint density at radius 3 is 2.71 bits per heavy atom. The summed E-state index contributed by atoms with van der Waals surface area (Å²) in [6.07, 6.45) is 3.51. The Balaban J connectivity index is 1.72. The predicted molar refractivity (Wildman–Crippen MR) is 91.9 cm³/mol. The van der Waals surface area contributed by atoms with Crippen molar-refractivity contribution in [1.82, 2.24) is 5.32 Å². The molecule has 1 aliphatic rings. The van der Waals surface area contributed by atoms with E-state index in [1.165, 1.54) is 0 Å². The highest BCUT2D eigenvalue weighted by Crippen LogP contribution is 2.26. The minimum atomic E-state index is -0.388. The highest BCUT2D eigenvalue weighted by Gasteiger charge is 2.13. The van der Waals surface area contributed by atoms with Crippen LogP contribution >= 0.6 is 0 Å². The van der Waals surface area contributed by atoms with Gasteiger partial charge in [-0.2, -0.15) is 5.26 Å². The molecular weight excluding hydrogens is 300 g/mol. The van der Waals surface area contributed by atoms with Gasteiger partial charge in [0.05, 0.1) is 0 Å². The zero-order valence-electron chi connectivity index (χ0n) is 13.0. The second kappa shape index (κ2) is 7.30. The quantitative estimate of drug-likeness (QED) is 0.696. The molecule has 0 fully saturated rings. The maximum Gasteiger partial charge on any atom is 0.262 e. The molecule has 1 N–H and O–H groups in total. The van der Waals surface area contributed by atoms with Gasteiger partial charge in [0, 0.05) is 12.1 Å². The third-order valence-electron chi connectivity index (χ3n) is 3.64. The van der Waals surface area contributed by atoms with Gasteiger partial charge in [-0.3, -0.25) is 4.79 Å². The molecule has 3 rings (SSSR count). The first-order valence-corrected chi connectivity index (χ1v) is 7.62. The monoisotopic (exact) mass is 316 g/mol. The van der Waals surface area contributed by atoms with Crippen molar-refractivity contribution >= 4 is 12.0 Å². The molecule has 0 bridgehead atoms.